The van der Waals surface area contributed by atoms with Crippen LogP contribution in [0, 0.1) is 0 Å². The Morgan fingerprint density at radius 2 is 1.81 bits per heavy atom. The first-order chi connectivity index (χ1) is 12.8. The van der Waals surface area contributed by atoms with Gasteiger partial charge in [-0.1, -0.05) is 18.5 Å². The smallest absolute Gasteiger partial charge is 0.261 e. The van der Waals surface area contributed by atoms with Crippen LogP contribution in [-0.2, 0) is 14.8 Å². The number of hydrogen-bond acceptors (Lipinski definition) is 5. The number of nitrogens with one attached hydrogen (secondary N) is 2. The lowest BCUT2D eigenvalue weighted by molar-refractivity contribution is -0.115. The van der Waals surface area contributed by atoms with E-state index in [2.05, 4.69) is 10.0 Å². The van der Waals surface area contributed by atoms with Crippen molar-refractivity contribution < 1.29 is 22.7 Å². The molecule has 0 radical (unpaired) electrons. The largest absolute Gasteiger partial charge is 0.495 e. The van der Waals surface area contributed by atoms with Crippen LogP contribution in [0.25, 0.3) is 0 Å². The van der Waals surface area contributed by atoms with Crippen LogP contribution in [0.15, 0.2) is 41.3 Å². The number of ether oxygens (including phenoxy) is 2. The molecule has 0 aromatic heterocycles. The van der Waals surface area contributed by atoms with Gasteiger partial charge in [0, 0.05) is 6.42 Å². The van der Waals surface area contributed by atoms with Gasteiger partial charge in [-0.2, -0.15) is 0 Å². The van der Waals surface area contributed by atoms with E-state index in [4.69, 9.17) is 21.1 Å². The van der Waals surface area contributed by atoms with Crippen molar-refractivity contribution >= 4 is 38.9 Å². The lowest BCUT2D eigenvalue weighted by Gasteiger charge is -2.14. The van der Waals surface area contributed by atoms with Crippen LogP contribution in [0.1, 0.15) is 20.3 Å². The fourth-order valence-corrected chi connectivity index (χ4v) is 3.57. The third kappa shape index (κ3) is 5.27. The second-order valence-corrected chi connectivity index (χ2v) is 7.54. The van der Waals surface area contributed by atoms with E-state index in [0.717, 1.165) is 0 Å². The fourth-order valence-electron chi connectivity index (χ4n) is 2.24. The minimum atomic E-state index is -3.90. The number of carbonyl (C=O) groups is 1. The zero-order valence-corrected chi connectivity index (χ0v) is 16.8. The van der Waals surface area contributed by atoms with E-state index in [1.54, 1.807) is 19.9 Å². The van der Waals surface area contributed by atoms with Gasteiger partial charge in [-0.05, 0) is 43.3 Å². The molecule has 0 saturated heterocycles. The number of amides is 1. The minimum Gasteiger partial charge on any atom is -0.495 e. The van der Waals surface area contributed by atoms with Crippen molar-refractivity contribution in [3.05, 3.63) is 41.4 Å². The van der Waals surface area contributed by atoms with Crippen molar-refractivity contribution in [2.45, 2.75) is 25.2 Å². The molecule has 0 spiro atoms. The molecule has 27 heavy (non-hydrogen) atoms. The highest BCUT2D eigenvalue weighted by atomic mass is 35.5. The van der Waals surface area contributed by atoms with Gasteiger partial charge in [-0.15, -0.1) is 0 Å². The van der Waals surface area contributed by atoms with Crippen LogP contribution in [0.5, 0.6) is 11.5 Å². The molecule has 0 fully saturated rings. The summed E-state index contributed by atoms with van der Waals surface area (Å²) in [6.07, 6.45) is 0.255. The van der Waals surface area contributed by atoms with Crippen LogP contribution in [0.2, 0.25) is 5.02 Å². The number of hydrogen-bond donors (Lipinski definition) is 2. The van der Waals surface area contributed by atoms with Gasteiger partial charge in [0.15, 0.2) is 0 Å². The van der Waals surface area contributed by atoms with Crippen molar-refractivity contribution in [2.24, 2.45) is 0 Å². The van der Waals surface area contributed by atoms with Gasteiger partial charge in [-0.3, -0.25) is 9.52 Å². The standard InChI is InChI=1S/C18H21ClN2O5S/c1-4-18(22)20-15-11-13(7-9-17(15)26-5-2)27(23,24)21-12-6-8-16(25-3)14(19)10-12/h6-11,21H,4-5H2,1-3H3,(H,20,22). The molecule has 0 saturated carbocycles. The Labute approximate surface area is 163 Å². The highest BCUT2D eigenvalue weighted by molar-refractivity contribution is 7.92. The van der Waals surface area contributed by atoms with Crippen molar-refractivity contribution in [1.29, 1.82) is 0 Å². The maximum absolute atomic E-state index is 12.7. The summed E-state index contributed by atoms with van der Waals surface area (Å²) < 4.78 is 38.4. The average molecular weight is 413 g/mol. The summed E-state index contributed by atoms with van der Waals surface area (Å²) in [5, 5.41) is 2.93. The molecule has 2 N–H and O–H groups in total. The zero-order chi connectivity index (χ0) is 20.0. The number of rotatable bonds is 8. The zero-order valence-electron chi connectivity index (χ0n) is 15.2. The third-order valence-corrected chi connectivity index (χ3v) is 5.23. The van der Waals surface area contributed by atoms with Crippen molar-refractivity contribution in [2.75, 3.05) is 23.8 Å². The number of carbonyl (C=O) groups excluding carboxylic acids is 1. The Morgan fingerprint density at radius 3 is 2.41 bits per heavy atom. The van der Waals surface area contributed by atoms with E-state index in [1.807, 2.05) is 0 Å². The summed E-state index contributed by atoms with van der Waals surface area (Å²) in [4.78, 5) is 11.7. The Morgan fingerprint density at radius 1 is 1.11 bits per heavy atom. The van der Waals surface area contributed by atoms with Crippen molar-refractivity contribution in [3.63, 3.8) is 0 Å². The van der Waals surface area contributed by atoms with Crippen LogP contribution in [0.4, 0.5) is 11.4 Å². The Balaban J connectivity index is 2.35. The number of halogens is 1. The Kier molecular flexibility index (Phi) is 6.92. The van der Waals surface area contributed by atoms with E-state index in [-0.39, 0.29) is 27.9 Å². The molecule has 2 aromatic carbocycles. The van der Waals surface area contributed by atoms with Gasteiger partial charge in [0.25, 0.3) is 10.0 Å². The van der Waals surface area contributed by atoms with Gasteiger partial charge < -0.3 is 14.8 Å². The predicted molar refractivity (Wildman–Crippen MR) is 105 cm³/mol. The first kappa shape index (κ1) is 20.9. The molecule has 0 aliphatic heterocycles. The first-order valence-electron chi connectivity index (χ1n) is 8.23. The highest BCUT2D eigenvalue weighted by Crippen LogP contribution is 2.31. The minimum absolute atomic E-state index is 0.0238. The maximum atomic E-state index is 12.7. The molecule has 0 heterocycles. The second kappa shape index (κ2) is 8.96. The van der Waals surface area contributed by atoms with Crippen LogP contribution >= 0.6 is 11.6 Å². The van der Waals surface area contributed by atoms with Gasteiger partial charge in [0.1, 0.15) is 11.5 Å². The highest BCUT2D eigenvalue weighted by Gasteiger charge is 2.18. The molecule has 0 unspecified atom stereocenters. The first-order valence-corrected chi connectivity index (χ1v) is 10.1. The van der Waals surface area contributed by atoms with Gasteiger partial charge in [-0.25, -0.2) is 8.42 Å². The average Bonchev–Trinajstić information content (AvgIpc) is 2.63. The summed E-state index contributed by atoms with van der Waals surface area (Å²) in [5.74, 6) is 0.580. The molecule has 7 nitrogen and oxygen atoms in total. The number of anilines is 2. The van der Waals surface area contributed by atoms with E-state index >= 15 is 0 Å². The van der Waals surface area contributed by atoms with Crippen LogP contribution in [0.3, 0.4) is 0 Å². The molecule has 2 aromatic rings. The fraction of sp³-hybridized carbons (Fsp3) is 0.278. The SMILES string of the molecule is CCOc1ccc(S(=O)(=O)Nc2ccc(OC)c(Cl)c2)cc1NC(=O)CC. The maximum Gasteiger partial charge on any atom is 0.261 e. The summed E-state index contributed by atoms with van der Waals surface area (Å²) in [5.41, 5.74) is 0.577. The monoisotopic (exact) mass is 412 g/mol. The molecule has 146 valence electrons. The molecule has 0 bridgehead atoms. The molecule has 1 amide bonds. The van der Waals surface area contributed by atoms with E-state index in [0.29, 0.717) is 23.8 Å². The predicted octanol–water partition coefficient (Wildman–Crippen LogP) is 3.90. The summed E-state index contributed by atoms with van der Waals surface area (Å²) in [6, 6.07) is 8.81. The molecule has 0 atom stereocenters. The Bertz CT molecular complexity index is 931. The lowest BCUT2D eigenvalue weighted by Crippen LogP contribution is -2.15. The van der Waals surface area contributed by atoms with Crippen LogP contribution in [-0.4, -0.2) is 28.0 Å². The van der Waals surface area contributed by atoms with Gasteiger partial charge in [0.05, 0.1) is 35.0 Å². The topological polar surface area (TPSA) is 93.7 Å². The molecule has 0 aliphatic rings. The molecule has 2 rings (SSSR count). The summed E-state index contributed by atoms with van der Waals surface area (Å²) >= 11 is 6.03. The number of benzene rings is 2. The molecule has 0 aliphatic carbocycles. The normalized spacial score (nSPS) is 11.0. The van der Waals surface area contributed by atoms with Crippen molar-refractivity contribution in [3.8, 4) is 11.5 Å². The third-order valence-electron chi connectivity index (χ3n) is 3.56. The van der Waals surface area contributed by atoms with E-state index in [1.165, 1.54) is 37.4 Å². The number of methoxy groups -OCH3 is 1. The second-order valence-electron chi connectivity index (χ2n) is 5.45. The quantitative estimate of drug-likeness (QED) is 0.685. The van der Waals surface area contributed by atoms with E-state index < -0.39 is 10.0 Å². The van der Waals surface area contributed by atoms with Gasteiger partial charge >= 0.3 is 0 Å². The number of sulfonamides is 1. The van der Waals surface area contributed by atoms with Gasteiger partial charge in [0.2, 0.25) is 5.91 Å². The van der Waals surface area contributed by atoms with Crippen molar-refractivity contribution in [1.82, 2.24) is 0 Å². The molecular formula is C18H21ClN2O5S. The lowest BCUT2D eigenvalue weighted by atomic mass is 10.3. The Hall–Kier alpha value is -2.45. The summed E-state index contributed by atoms with van der Waals surface area (Å²) in [7, 11) is -2.43. The molecule has 9 heteroatoms. The molecular weight excluding hydrogens is 392 g/mol. The van der Waals surface area contributed by atoms with Crippen LogP contribution < -0.4 is 19.5 Å². The summed E-state index contributed by atoms with van der Waals surface area (Å²) in [6.45, 7) is 3.87. The van der Waals surface area contributed by atoms with E-state index in [9.17, 15) is 13.2 Å².